The van der Waals surface area contributed by atoms with Gasteiger partial charge in [-0.25, -0.2) is 4.79 Å². The van der Waals surface area contributed by atoms with Crippen molar-refractivity contribution in [2.24, 2.45) is 0 Å². The number of aryl methyl sites for hydroxylation is 1. The first-order chi connectivity index (χ1) is 16.4. The number of hydrogen-bond donors (Lipinski definition) is 0. The SMILES string of the molecule is COC(=O)Cc1c(C)c2cc(Cl)c(OCC(=O)c3ccc(-c4ccccc4)cc3)cc2oc1=O. The quantitative estimate of drug-likeness (QED) is 0.202. The third-order valence-corrected chi connectivity index (χ3v) is 5.86. The van der Waals surface area contributed by atoms with Crippen LogP contribution < -0.4 is 10.4 Å². The highest BCUT2D eigenvalue weighted by Crippen LogP contribution is 2.32. The molecule has 0 radical (unpaired) electrons. The lowest BCUT2D eigenvalue weighted by Crippen LogP contribution is -2.16. The highest BCUT2D eigenvalue weighted by molar-refractivity contribution is 6.32. The summed E-state index contributed by atoms with van der Waals surface area (Å²) in [5, 5.41) is 0.819. The maximum absolute atomic E-state index is 12.6. The minimum atomic E-state index is -0.641. The van der Waals surface area contributed by atoms with E-state index in [9.17, 15) is 14.4 Å². The van der Waals surface area contributed by atoms with Crippen molar-refractivity contribution >= 4 is 34.3 Å². The van der Waals surface area contributed by atoms with Gasteiger partial charge in [0.05, 0.1) is 24.1 Å². The smallest absolute Gasteiger partial charge is 0.340 e. The van der Waals surface area contributed by atoms with E-state index in [1.54, 1.807) is 25.1 Å². The van der Waals surface area contributed by atoms with Gasteiger partial charge in [0.1, 0.15) is 11.3 Å². The number of benzene rings is 3. The van der Waals surface area contributed by atoms with Crippen molar-refractivity contribution in [1.82, 2.24) is 0 Å². The van der Waals surface area contributed by atoms with Crippen LogP contribution in [0.3, 0.4) is 0 Å². The molecule has 7 heteroatoms. The molecule has 4 rings (SSSR count). The maximum Gasteiger partial charge on any atom is 0.340 e. The number of fused-ring (bicyclic) bond motifs is 1. The third-order valence-electron chi connectivity index (χ3n) is 5.56. The van der Waals surface area contributed by atoms with Crippen LogP contribution in [-0.4, -0.2) is 25.5 Å². The number of carbonyl (C=O) groups excluding carboxylic acids is 2. The molecule has 0 atom stereocenters. The molecule has 0 aliphatic heterocycles. The Bertz CT molecular complexity index is 1420. The number of rotatable bonds is 7. The number of ether oxygens (including phenoxy) is 2. The molecule has 0 fully saturated rings. The molecule has 4 aromatic rings. The summed E-state index contributed by atoms with van der Waals surface area (Å²) in [5.41, 5.74) is 2.96. The van der Waals surface area contributed by atoms with Crippen molar-refractivity contribution in [1.29, 1.82) is 0 Å². The average molecular weight is 477 g/mol. The number of halogens is 1. The number of esters is 1. The van der Waals surface area contributed by atoms with Crippen molar-refractivity contribution in [3.63, 3.8) is 0 Å². The van der Waals surface area contributed by atoms with Gasteiger partial charge in [0.2, 0.25) is 0 Å². The number of Topliss-reactive ketones (excluding diaryl/α,β-unsaturated/α-hetero) is 1. The summed E-state index contributed by atoms with van der Waals surface area (Å²) >= 11 is 6.37. The Morgan fingerprint density at radius 1 is 0.971 bits per heavy atom. The van der Waals surface area contributed by atoms with Gasteiger partial charge in [-0.05, 0) is 29.7 Å². The van der Waals surface area contributed by atoms with Gasteiger partial charge in [0, 0.05) is 17.0 Å². The number of methoxy groups -OCH3 is 1. The van der Waals surface area contributed by atoms with Crippen molar-refractivity contribution in [2.45, 2.75) is 13.3 Å². The zero-order chi connectivity index (χ0) is 24.2. The van der Waals surface area contributed by atoms with E-state index >= 15 is 0 Å². The third kappa shape index (κ3) is 4.87. The fourth-order valence-corrected chi connectivity index (χ4v) is 3.85. The topological polar surface area (TPSA) is 82.8 Å². The Hall–Kier alpha value is -3.90. The Balaban J connectivity index is 1.52. The summed E-state index contributed by atoms with van der Waals surface area (Å²) in [6.07, 6.45) is -0.200. The van der Waals surface area contributed by atoms with Crippen LogP contribution in [0.4, 0.5) is 0 Å². The van der Waals surface area contributed by atoms with Crippen LogP contribution >= 0.6 is 11.6 Å². The van der Waals surface area contributed by atoms with E-state index in [2.05, 4.69) is 4.74 Å². The maximum atomic E-state index is 12.6. The molecule has 0 bridgehead atoms. The Morgan fingerprint density at radius 2 is 1.65 bits per heavy atom. The number of carbonyl (C=O) groups is 2. The predicted octanol–water partition coefficient (Wildman–Crippen LogP) is 5.40. The molecule has 0 unspecified atom stereocenters. The van der Waals surface area contributed by atoms with Gasteiger partial charge >= 0.3 is 11.6 Å². The average Bonchev–Trinajstić information content (AvgIpc) is 2.86. The second kappa shape index (κ2) is 9.93. The highest BCUT2D eigenvalue weighted by atomic mass is 35.5. The van der Waals surface area contributed by atoms with Gasteiger partial charge in [-0.2, -0.15) is 0 Å². The molecule has 1 aromatic heterocycles. The van der Waals surface area contributed by atoms with E-state index in [0.29, 0.717) is 16.5 Å². The molecule has 1 heterocycles. The minimum Gasteiger partial charge on any atom is -0.484 e. The molecular formula is C27H21ClO6. The summed E-state index contributed by atoms with van der Waals surface area (Å²) in [7, 11) is 1.25. The van der Waals surface area contributed by atoms with E-state index in [-0.39, 0.29) is 40.7 Å². The molecule has 0 saturated carbocycles. The van der Waals surface area contributed by atoms with E-state index in [0.717, 1.165) is 11.1 Å². The van der Waals surface area contributed by atoms with Gasteiger partial charge in [0.15, 0.2) is 12.4 Å². The van der Waals surface area contributed by atoms with Crippen molar-refractivity contribution in [3.05, 3.63) is 98.9 Å². The lowest BCUT2D eigenvalue weighted by Gasteiger charge is -2.11. The minimum absolute atomic E-state index is 0.200. The normalized spacial score (nSPS) is 10.8. The predicted molar refractivity (Wildman–Crippen MR) is 130 cm³/mol. The fourth-order valence-electron chi connectivity index (χ4n) is 3.63. The lowest BCUT2D eigenvalue weighted by atomic mass is 10.0. The molecule has 172 valence electrons. The fraction of sp³-hybridized carbons (Fsp3) is 0.148. The van der Waals surface area contributed by atoms with E-state index in [1.165, 1.54) is 13.2 Å². The molecular weight excluding hydrogens is 456 g/mol. The Kier molecular flexibility index (Phi) is 6.80. The monoisotopic (exact) mass is 476 g/mol. The molecule has 34 heavy (non-hydrogen) atoms. The summed E-state index contributed by atoms with van der Waals surface area (Å²) in [6, 6.07) is 20.2. The first-order valence-electron chi connectivity index (χ1n) is 10.5. The first-order valence-corrected chi connectivity index (χ1v) is 10.9. The van der Waals surface area contributed by atoms with Crippen molar-refractivity contribution in [3.8, 4) is 16.9 Å². The Labute approximate surface area is 200 Å². The van der Waals surface area contributed by atoms with E-state index in [4.69, 9.17) is 20.8 Å². The van der Waals surface area contributed by atoms with Crippen LogP contribution in [0.25, 0.3) is 22.1 Å². The van der Waals surface area contributed by atoms with E-state index < -0.39 is 11.6 Å². The molecule has 0 amide bonds. The van der Waals surface area contributed by atoms with Crippen LogP contribution in [0.1, 0.15) is 21.5 Å². The molecule has 0 N–H and O–H groups in total. The molecule has 3 aromatic carbocycles. The highest BCUT2D eigenvalue weighted by Gasteiger charge is 2.18. The first kappa shape index (κ1) is 23.3. The van der Waals surface area contributed by atoms with Gasteiger partial charge in [-0.3, -0.25) is 9.59 Å². The van der Waals surface area contributed by atoms with Crippen molar-refractivity contribution in [2.75, 3.05) is 13.7 Å². The van der Waals surface area contributed by atoms with Crippen LogP contribution in [0.2, 0.25) is 5.02 Å². The van der Waals surface area contributed by atoms with Crippen LogP contribution in [0, 0.1) is 6.92 Å². The lowest BCUT2D eigenvalue weighted by molar-refractivity contribution is -0.139. The summed E-state index contributed by atoms with van der Waals surface area (Å²) in [6.45, 7) is 1.47. The number of ketones is 1. The molecule has 0 spiro atoms. The van der Waals surface area contributed by atoms with E-state index in [1.807, 2.05) is 42.5 Å². The summed E-state index contributed by atoms with van der Waals surface area (Å²) < 4.78 is 15.7. The molecule has 0 aliphatic rings. The van der Waals surface area contributed by atoms with Gasteiger partial charge in [-0.1, -0.05) is 66.2 Å². The second-order valence-electron chi connectivity index (χ2n) is 7.68. The Morgan fingerprint density at radius 3 is 2.32 bits per heavy atom. The zero-order valence-electron chi connectivity index (χ0n) is 18.6. The zero-order valence-corrected chi connectivity index (χ0v) is 19.3. The van der Waals surface area contributed by atoms with Gasteiger partial charge < -0.3 is 13.9 Å². The van der Waals surface area contributed by atoms with Crippen LogP contribution in [0.5, 0.6) is 5.75 Å². The van der Waals surface area contributed by atoms with Crippen molar-refractivity contribution < 1.29 is 23.5 Å². The molecule has 0 saturated heterocycles. The second-order valence-corrected chi connectivity index (χ2v) is 8.09. The van der Waals surface area contributed by atoms with Gasteiger partial charge in [0.25, 0.3) is 0 Å². The summed E-state index contributed by atoms with van der Waals surface area (Å²) in [5.74, 6) is -0.551. The molecule has 0 aliphatic carbocycles. The molecule has 6 nitrogen and oxygen atoms in total. The summed E-state index contributed by atoms with van der Waals surface area (Å²) in [4.78, 5) is 36.6. The largest absolute Gasteiger partial charge is 0.484 e. The van der Waals surface area contributed by atoms with Gasteiger partial charge in [-0.15, -0.1) is 0 Å². The van der Waals surface area contributed by atoms with Crippen LogP contribution in [-0.2, 0) is 16.0 Å². The number of hydrogen-bond acceptors (Lipinski definition) is 6. The standard InChI is InChI=1S/C27H21ClO6/c1-16-20-12-22(28)25(14-24(20)34-27(31)21(16)13-26(30)32-2)33-15-23(29)19-10-8-18(9-11-19)17-6-4-3-5-7-17/h3-12,14H,13,15H2,1-2H3. The van der Waals surface area contributed by atoms with Crippen LogP contribution in [0.15, 0.2) is 75.9 Å².